The Bertz CT molecular complexity index is 741. The average molecular weight is 364 g/mol. The lowest BCUT2D eigenvalue weighted by atomic mass is 9.89. The summed E-state index contributed by atoms with van der Waals surface area (Å²) >= 11 is 0. The van der Waals surface area contributed by atoms with Gasteiger partial charge in [0.1, 0.15) is 0 Å². The first-order valence-electron chi connectivity index (χ1n) is 9.09. The number of rotatable bonds is 4. The quantitative estimate of drug-likeness (QED) is 0.885. The molecule has 3 aliphatic rings. The molecule has 1 aromatic carbocycles. The predicted octanol–water partition coefficient (Wildman–Crippen LogP) is 1.91. The van der Waals surface area contributed by atoms with E-state index < -0.39 is 10.0 Å². The number of nitrogens with one attached hydrogen (secondary N) is 1. The van der Waals surface area contributed by atoms with E-state index >= 15 is 0 Å². The molecule has 1 aliphatic heterocycles. The van der Waals surface area contributed by atoms with Crippen LogP contribution in [0.1, 0.15) is 48.9 Å². The number of carbonyl (C=O) groups is 1. The minimum atomic E-state index is -3.48. The zero-order chi connectivity index (χ0) is 17.4. The van der Waals surface area contributed by atoms with Crippen LogP contribution in [0.25, 0.3) is 0 Å². The van der Waals surface area contributed by atoms with Gasteiger partial charge < -0.3 is 9.64 Å². The van der Waals surface area contributed by atoms with Gasteiger partial charge in [0, 0.05) is 18.2 Å². The topological polar surface area (TPSA) is 75.7 Å². The Hall–Kier alpha value is -1.44. The standard InChI is InChI=1S/C18H24N2O4S/c21-18(20-11-12-24-17-4-2-1-3-16(17)20)13-5-9-15(10-6-13)25(22,23)19-14-7-8-14/h5-6,9-10,14,16-17,19H,1-4,7-8,11-12H2/t16-,17+/m0/s1. The predicted molar refractivity (Wildman–Crippen MR) is 92.8 cm³/mol. The lowest BCUT2D eigenvalue weighted by molar-refractivity contribution is -0.0752. The maximum absolute atomic E-state index is 12.9. The van der Waals surface area contributed by atoms with Crippen LogP contribution < -0.4 is 4.72 Å². The van der Waals surface area contributed by atoms with E-state index in [1.807, 2.05) is 4.90 Å². The summed E-state index contributed by atoms with van der Waals surface area (Å²) in [6, 6.07) is 6.51. The van der Waals surface area contributed by atoms with E-state index in [1.54, 1.807) is 12.1 Å². The van der Waals surface area contributed by atoms with Gasteiger partial charge in [0.15, 0.2) is 0 Å². The van der Waals surface area contributed by atoms with Gasteiger partial charge in [-0.1, -0.05) is 12.8 Å². The van der Waals surface area contributed by atoms with Crippen molar-refractivity contribution in [1.82, 2.24) is 9.62 Å². The fraction of sp³-hybridized carbons (Fsp3) is 0.611. The van der Waals surface area contributed by atoms with E-state index in [0.717, 1.165) is 38.5 Å². The van der Waals surface area contributed by atoms with Gasteiger partial charge >= 0.3 is 0 Å². The zero-order valence-corrected chi connectivity index (χ0v) is 15.0. The van der Waals surface area contributed by atoms with E-state index in [9.17, 15) is 13.2 Å². The molecular formula is C18H24N2O4S. The van der Waals surface area contributed by atoms with Gasteiger partial charge in [-0.3, -0.25) is 4.79 Å². The molecule has 6 nitrogen and oxygen atoms in total. The molecule has 0 radical (unpaired) electrons. The molecule has 1 aromatic rings. The molecule has 2 saturated carbocycles. The molecule has 0 bridgehead atoms. The summed E-state index contributed by atoms with van der Waals surface area (Å²) < 4.78 is 32.9. The number of morpholine rings is 1. The highest BCUT2D eigenvalue weighted by Gasteiger charge is 2.37. The highest BCUT2D eigenvalue weighted by atomic mass is 32.2. The number of ether oxygens (including phenoxy) is 1. The molecule has 0 aromatic heterocycles. The van der Waals surface area contributed by atoms with Crippen molar-refractivity contribution in [2.45, 2.75) is 61.6 Å². The summed E-state index contributed by atoms with van der Waals surface area (Å²) in [4.78, 5) is 15.0. The van der Waals surface area contributed by atoms with E-state index in [2.05, 4.69) is 4.72 Å². The molecule has 25 heavy (non-hydrogen) atoms. The lowest BCUT2D eigenvalue weighted by Crippen LogP contribution is -2.54. The Morgan fingerprint density at radius 3 is 2.52 bits per heavy atom. The lowest BCUT2D eigenvalue weighted by Gasteiger charge is -2.43. The van der Waals surface area contributed by atoms with Crippen molar-refractivity contribution in [3.8, 4) is 0 Å². The molecule has 3 fully saturated rings. The molecule has 7 heteroatoms. The number of nitrogens with zero attached hydrogens (tertiary/aromatic N) is 1. The number of sulfonamides is 1. The first-order valence-corrected chi connectivity index (χ1v) is 10.6. The van der Waals surface area contributed by atoms with Crippen molar-refractivity contribution in [1.29, 1.82) is 0 Å². The Labute approximate surface area is 148 Å². The number of fused-ring (bicyclic) bond motifs is 1. The summed E-state index contributed by atoms with van der Waals surface area (Å²) in [7, 11) is -3.48. The van der Waals surface area contributed by atoms with Crippen molar-refractivity contribution in [2.75, 3.05) is 13.2 Å². The van der Waals surface area contributed by atoms with E-state index in [1.165, 1.54) is 12.1 Å². The van der Waals surface area contributed by atoms with Gasteiger partial charge in [0.25, 0.3) is 5.91 Å². The number of amides is 1. The van der Waals surface area contributed by atoms with E-state index in [-0.39, 0.29) is 29.0 Å². The Morgan fingerprint density at radius 1 is 1.08 bits per heavy atom. The fourth-order valence-corrected chi connectivity index (χ4v) is 5.08. The molecule has 0 unspecified atom stereocenters. The average Bonchev–Trinajstić information content (AvgIpc) is 3.44. The van der Waals surface area contributed by atoms with Crippen LogP contribution in [0.15, 0.2) is 29.2 Å². The molecule has 1 heterocycles. The largest absolute Gasteiger partial charge is 0.374 e. The van der Waals surface area contributed by atoms with Crippen molar-refractivity contribution in [3.63, 3.8) is 0 Å². The summed E-state index contributed by atoms with van der Waals surface area (Å²) in [6.45, 7) is 1.17. The molecule has 1 N–H and O–H groups in total. The van der Waals surface area contributed by atoms with Crippen LogP contribution in [-0.4, -0.2) is 50.6 Å². The minimum absolute atomic E-state index is 0.0284. The van der Waals surface area contributed by atoms with Crippen LogP contribution in [0, 0.1) is 0 Å². The number of carbonyl (C=O) groups excluding carboxylic acids is 1. The Balaban J connectivity index is 1.50. The van der Waals surface area contributed by atoms with Crippen LogP contribution in [0.3, 0.4) is 0 Å². The van der Waals surface area contributed by atoms with Crippen LogP contribution >= 0.6 is 0 Å². The van der Waals surface area contributed by atoms with Crippen LogP contribution in [-0.2, 0) is 14.8 Å². The van der Waals surface area contributed by atoms with Gasteiger partial charge in [0.05, 0.1) is 23.6 Å². The summed E-state index contributed by atoms with van der Waals surface area (Å²) in [5.74, 6) is -0.0284. The van der Waals surface area contributed by atoms with Gasteiger partial charge in [-0.25, -0.2) is 13.1 Å². The van der Waals surface area contributed by atoms with Gasteiger partial charge in [-0.05, 0) is 49.9 Å². The normalized spacial score (nSPS) is 27.0. The molecule has 1 saturated heterocycles. The van der Waals surface area contributed by atoms with Crippen molar-refractivity contribution < 1.29 is 17.9 Å². The minimum Gasteiger partial charge on any atom is -0.374 e. The number of benzene rings is 1. The van der Waals surface area contributed by atoms with E-state index in [4.69, 9.17) is 4.74 Å². The summed E-state index contributed by atoms with van der Waals surface area (Å²) in [6.07, 6.45) is 6.22. The van der Waals surface area contributed by atoms with E-state index in [0.29, 0.717) is 18.7 Å². The summed E-state index contributed by atoms with van der Waals surface area (Å²) in [5, 5.41) is 0. The third-order valence-corrected chi connectivity index (χ3v) is 6.84. The monoisotopic (exact) mass is 364 g/mol. The zero-order valence-electron chi connectivity index (χ0n) is 14.2. The Morgan fingerprint density at radius 2 is 1.80 bits per heavy atom. The van der Waals surface area contributed by atoms with Gasteiger partial charge in [-0.15, -0.1) is 0 Å². The number of hydrogen-bond donors (Lipinski definition) is 1. The van der Waals surface area contributed by atoms with Crippen molar-refractivity contribution >= 4 is 15.9 Å². The molecule has 1 amide bonds. The van der Waals surface area contributed by atoms with Crippen LogP contribution in [0.2, 0.25) is 0 Å². The highest BCUT2D eigenvalue weighted by Crippen LogP contribution is 2.29. The molecule has 2 aliphatic carbocycles. The first kappa shape index (κ1) is 17.0. The second-order valence-corrected chi connectivity index (χ2v) is 8.89. The fourth-order valence-electron chi connectivity index (χ4n) is 3.78. The number of hydrogen-bond acceptors (Lipinski definition) is 4. The Kier molecular flexibility index (Phi) is 4.56. The SMILES string of the molecule is O=C(c1ccc(S(=O)(=O)NC2CC2)cc1)N1CCO[C@@H]2CCCC[C@@H]21. The molecule has 136 valence electrons. The van der Waals surface area contributed by atoms with Crippen molar-refractivity contribution in [3.05, 3.63) is 29.8 Å². The maximum Gasteiger partial charge on any atom is 0.254 e. The van der Waals surface area contributed by atoms with Crippen LogP contribution in [0.4, 0.5) is 0 Å². The maximum atomic E-state index is 12.9. The van der Waals surface area contributed by atoms with Gasteiger partial charge in [0.2, 0.25) is 10.0 Å². The highest BCUT2D eigenvalue weighted by molar-refractivity contribution is 7.89. The smallest absolute Gasteiger partial charge is 0.254 e. The summed E-state index contributed by atoms with van der Waals surface area (Å²) in [5.41, 5.74) is 0.539. The van der Waals surface area contributed by atoms with Crippen LogP contribution in [0.5, 0.6) is 0 Å². The second kappa shape index (κ2) is 6.70. The second-order valence-electron chi connectivity index (χ2n) is 7.18. The first-order chi connectivity index (χ1) is 12.0. The molecule has 2 atom stereocenters. The third kappa shape index (κ3) is 3.59. The third-order valence-electron chi connectivity index (χ3n) is 5.30. The van der Waals surface area contributed by atoms with Crippen molar-refractivity contribution in [2.24, 2.45) is 0 Å². The molecule has 0 spiro atoms. The molecular weight excluding hydrogens is 340 g/mol. The van der Waals surface area contributed by atoms with Gasteiger partial charge in [-0.2, -0.15) is 0 Å². The molecule has 4 rings (SSSR count).